The molecule has 0 saturated carbocycles. The Morgan fingerprint density at radius 2 is 2.27 bits per heavy atom. The predicted molar refractivity (Wildman–Crippen MR) is 55.0 cm³/mol. The minimum atomic E-state index is -0.630. The maximum absolute atomic E-state index is 10.3. The number of ether oxygens (including phenoxy) is 2. The van der Waals surface area contributed by atoms with Gasteiger partial charge in [0.25, 0.3) is 5.91 Å². The van der Waals surface area contributed by atoms with Crippen LogP contribution in [-0.2, 0) is 14.3 Å². The van der Waals surface area contributed by atoms with Crippen molar-refractivity contribution in [1.29, 1.82) is 0 Å². The molecule has 0 atom stereocenters. The van der Waals surface area contributed by atoms with Crippen molar-refractivity contribution in [3.05, 3.63) is 36.3 Å². The Morgan fingerprint density at radius 3 is 2.93 bits per heavy atom. The highest BCUT2D eigenvalue weighted by Gasteiger charge is 2.10. The number of allylic oxidation sites excluding steroid dienone is 3. The quantitative estimate of drug-likeness (QED) is 0.694. The summed E-state index contributed by atoms with van der Waals surface area (Å²) in [5.41, 5.74) is 4.84. The van der Waals surface area contributed by atoms with Crippen LogP contribution in [0.1, 0.15) is 6.42 Å². The molecule has 1 aliphatic heterocycles. The molecule has 0 aromatic heterocycles. The summed E-state index contributed by atoms with van der Waals surface area (Å²) in [6.45, 7) is 3.78. The van der Waals surface area contributed by atoms with E-state index < -0.39 is 5.91 Å². The average molecular weight is 205 g/mol. The van der Waals surface area contributed by atoms with Crippen LogP contribution in [0.25, 0.3) is 0 Å². The van der Waals surface area contributed by atoms with Gasteiger partial charge in [0.15, 0.2) is 11.5 Å². The number of primary amides is 1. The average Bonchev–Trinajstić information content (AvgIpc) is 2.64. The van der Waals surface area contributed by atoms with E-state index >= 15 is 0 Å². The predicted octanol–water partition coefficient (Wildman–Crippen LogP) is 0.823. The van der Waals surface area contributed by atoms with Crippen LogP contribution in [0.3, 0.4) is 0 Å². The van der Waals surface area contributed by atoms with E-state index in [1.165, 1.54) is 0 Å². The summed E-state index contributed by atoms with van der Waals surface area (Å²) < 4.78 is 10.2. The van der Waals surface area contributed by atoms with Crippen LogP contribution in [0.5, 0.6) is 0 Å². The smallest absolute Gasteiger partial charge is 0.293 e. The third-order valence-corrected chi connectivity index (χ3v) is 1.56. The zero-order valence-corrected chi connectivity index (χ0v) is 8.16. The second-order valence-electron chi connectivity index (χ2n) is 2.61. The fraction of sp³-hybridized carbons (Fsp3) is 0.182. The number of nitrogens with two attached hydrogens (primary N) is 1. The van der Waals surface area contributed by atoms with Crippen LogP contribution in [0.2, 0.25) is 0 Å². The first-order valence-electron chi connectivity index (χ1n) is 4.31. The Balaban J connectivity index is 2.49. The molecule has 1 aliphatic rings. The van der Waals surface area contributed by atoms with E-state index in [-0.39, 0.29) is 6.79 Å². The highest BCUT2D eigenvalue weighted by atomic mass is 16.7. The van der Waals surface area contributed by atoms with Crippen molar-refractivity contribution in [3.63, 3.8) is 0 Å². The van der Waals surface area contributed by atoms with Gasteiger partial charge in [-0.1, -0.05) is 18.6 Å². The van der Waals surface area contributed by atoms with Crippen molar-refractivity contribution in [1.82, 2.24) is 0 Å². The maximum atomic E-state index is 10.3. The summed E-state index contributed by atoms with van der Waals surface area (Å²) in [5, 5.41) is 0. The highest BCUT2D eigenvalue weighted by Crippen LogP contribution is 2.17. The SMILES string of the molecule is C=CC1=C(/C=C\CC#CC(N)=O)OCO1. The lowest BCUT2D eigenvalue weighted by Gasteiger charge is -1.91. The van der Waals surface area contributed by atoms with Crippen LogP contribution in [-0.4, -0.2) is 12.7 Å². The topological polar surface area (TPSA) is 61.6 Å². The summed E-state index contributed by atoms with van der Waals surface area (Å²) in [4.78, 5) is 10.3. The molecule has 0 radical (unpaired) electrons. The van der Waals surface area contributed by atoms with Crippen molar-refractivity contribution < 1.29 is 14.3 Å². The van der Waals surface area contributed by atoms with Gasteiger partial charge in [0.2, 0.25) is 6.79 Å². The molecule has 0 unspecified atom stereocenters. The number of hydrogen-bond acceptors (Lipinski definition) is 3. The van der Waals surface area contributed by atoms with E-state index in [9.17, 15) is 4.79 Å². The molecule has 4 heteroatoms. The molecule has 0 aromatic carbocycles. The van der Waals surface area contributed by atoms with Crippen LogP contribution in [0.4, 0.5) is 0 Å². The van der Waals surface area contributed by atoms with Crippen LogP contribution < -0.4 is 5.73 Å². The van der Waals surface area contributed by atoms with E-state index in [2.05, 4.69) is 18.4 Å². The van der Waals surface area contributed by atoms with Gasteiger partial charge in [-0.25, -0.2) is 0 Å². The van der Waals surface area contributed by atoms with Gasteiger partial charge in [-0.15, -0.1) is 0 Å². The molecule has 0 spiro atoms. The number of rotatable bonds is 3. The number of hydrogen-bond donors (Lipinski definition) is 1. The molecule has 4 nitrogen and oxygen atoms in total. The summed E-state index contributed by atoms with van der Waals surface area (Å²) in [5.74, 6) is 5.40. The molecule has 15 heavy (non-hydrogen) atoms. The fourth-order valence-electron chi connectivity index (χ4n) is 0.951. The minimum absolute atomic E-state index is 0.202. The van der Waals surface area contributed by atoms with E-state index in [0.29, 0.717) is 17.9 Å². The number of amides is 1. The molecule has 78 valence electrons. The Morgan fingerprint density at radius 1 is 1.53 bits per heavy atom. The molecule has 1 rings (SSSR count). The third kappa shape index (κ3) is 3.61. The van der Waals surface area contributed by atoms with E-state index in [4.69, 9.17) is 15.2 Å². The largest absolute Gasteiger partial charge is 0.454 e. The summed E-state index contributed by atoms with van der Waals surface area (Å²) in [7, 11) is 0. The zero-order valence-electron chi connectivity index (χ0n) is 8.16. The first kappa shape index (κ1) is 10.9. The van der Waals surface area contributed by atoms with Gasteiger partial charge < -0.3 is 15.2 Å². The lowest BCUT2D eigenvalue weighted by Crippen LogP contribution is -2.05. The maximum Gasteiger partial charge on any atom is 0.293 e. The molecule has 0 saturated heterocycles. The summed E-state index contributed by atoms with van der Waals surface area (Å²) in [6, 6.07) is 0. The monoisotopic (exact) mass is 205 g/mol. The molecule has 0 fully saturated rings. The summed E-state index contributed by atoms with van der Waals surface area (Å²) in [6.07, 6.45) is 5.48. The van der Waals surface area contributed by atoms with Gasteiger partial charge >= 0.3 is 0 Å². The lowest BCUT2D eigenvalue weighted by molar-refractivity contribution is -0.112. The molecule has 0 aromatic rings. The van der Waals surface area contributed by atoms with Gasteiger partial charge in [-0.2, -0.15) is 0 Å². The molecule has 2 N–H and O–H groups in total. The van der Waals surface area contributed by atoms with Crippen molar-refractivity contribution >= 4 is 5.91 Å². The second kappa shape index (κ2) is 5.55. The molecule has 1 amide bonds. The minimum Gasteiger partial charge on any atom is -0.454 e. The van der Waals surface area contributed by atoms with Crippen molar-refractivity contribution in [2.24, 2.45) is 5.73 Å². The molecule has 0 bridgehead atoms. The Labute approximate surface area is 88.0 Å². The van der Waals surface area contributed by atoms with Crippen molar-refractivity contribution in [2.45, 2.75) is 6.42 Å². The molecular weight excluding hydrogens is 194 g/mol. The summed E-state index contributed by atoms with van der Waals surface area (Å²) >= 11 is 0. The Kier molecular flexibility index (Phi) is 4.05. The van der Waals surface area contributed by atoms with E-state index in [1.54, 1.807) is 18.2 Å². The molecule has 1 heterocycles. The molecule has 0 aliphatic carbocycles. The van der Waals surface area contributed by atoms with Gasteiger partial charge in [0.05, 0.1) is 0 Å². The standard InChI is InChI=1S/C11H11NO3/c1-2-9-10(15-8-14-9)6-4-3-5-7-11(12)13/h2,4,6H,1,3,8H2,(H2,12,13)/b6-4-. The number of carbonyl (C=O) groups excluding carboxylic acids is 1. The van der Waals surface area contributed by atoms with Gasteiger partial charge in [-0.05, 0) is 18.1 Å². The van der Waals surface area contributed by atoms with Crippen LogP contribution in [0.15, 0.2) is 36.3 Å². The van der Waals surface area contributed by atoms with Gasteiger partial charge in [0, 0.05) is 6.42 Å². The van der Waals surface area contributed by atoms with E-state index in [1.807, 2.05) is 0 Å². The van der Waals surface area contributed by atoms with Crippen molar-refractivity contribution in [2.75, 3.05) is 6.79 Å². The fourth-order valence-corrected chi connectivity index (χ4v) is 0.951. The normalized spacial score (nSPS) is 14.1. The Bertz CT molecular complexity index is 382. The van der Waals surface area contributed by atoms with Gasteiger partial charge in [-0.3, -0.25) is 4.79 Å². The van der Waals surface area contributed by atoms with Crippen molar-refractivity contribution in [3.8, 4) is 11.8 Å². The first-order valence-corrected chi connectivity index (χ1v) is 4.31. The highest BCUT2D eigenvalue weighted by molar-refractivity contribution is 5.91. The second-order valence-corrected chi connectivity index (χ2v) is 2.61. The van der Waals surface area contributed by atoms with Gasteiger partial charge in [0.1, 0.15) is 0 Å². The third-order valence-electron chi connectivity index (χ3n) is 1.56. The number of carbonyl (C=O) groups is 1. The molecular formula is C11H11NO3. The zero-order chi connectivity index (χ0) is 11.1. The Hall–Kier alpha value is -2.15. The lowest BCUT2D eigenvalue weighted by atomic mass is 10.3. The van der Waals surface area contributed by atoms with Crippen LogP contribution in [0, 0.1) is 11.8 Å². The first-order chi connectivity index (χ1) is 7.24. The van der Waals surface area contributed by atoms with E-state index in [0.717, 1.165) is 0 Å². The van der Waals surface area contributed by atoms with Crippen LogP contribution >= 0.6 is 0 Å².